The molecule has 2 N–H and O–H groups in total. The van der Waals surface area contributed by atoms with Gasteiger partial charge in [-0.1, -0.05) is 29.8 Å². The topological polar surface area (TPSA) is 70.4 Å². The van der Waals surface area contributed by atoms with Crippen molar-refractivity contribution in [3.8, 4) is 11.3 Å². The van der Waals surface area contributed by atoms with Crippen LogP contribution >= 0.6 is 23.8 Å². The van der Waals surface area contributed by atoms with E-state index in [1.54, 1.807) is 18.3 Å². The molecule has 2 atom stereocenters. The Morgan fingerprint density at radius 3 is 2.61 bits per heavy atom. The summed E-state index contributed by atoms with van der Waals surface area (Å²) in [6.45, 7) is 0.303. The molecular formula is C27H22ClFN4O2S. The lowest BCUT2D eigenvalue weighted by Crippen LogP contribution is -2.32. The summed E-state index contributed by atoms with van der Waals surface area (Å²) in [5.74, 6) is 0.570. The van der Waals surface area contributed by atoms with E-state index in [-0.39, 0.29) is 30.1 Å². The third-order valence-electron chi connectivity index (χ3n) is 5.97. The summed E-state index contributed by atoms with van der Waals surface area (Å²) in [5.41, 5.74) is 1.84. The average molecular weight is 521 g/mol. The maximum atomic E-state index is 14.0. The van der Waals surface area contributed by atoms with Gasteiger partial charge in [-0.3, -0.25) is 9.78 Å². The van der Waals surface area contributed by atoms with E-state index in [1.165, 1.54) is 12.1 Å². The van der Waals surface area contributed by atoms with Crippen LogP contribution in [0.2, 0.25) is 5.02 Å². The highest BCUT2D eigenvalue weighted by atomic mass is 35.5. The number of carbonyl (C=O) groups is 1. The average Bonchev–Trinajstić information content (AvgIpc) is 3.50. The van der Waals surface area contributed by atoms with Crippen LogP contribution in [0.1, 0.15) is 30.0 Å². The van der Waals surface area contributed by atoms with E-state index in [9.17, 15) is 9.18 Å². The smallest absolute Gasteiger partial charge is 0.226 e. The molecule has 9 heteroatoms. The molecule has 1 fully saturated rings. The number of para-hydroxylation sites is 1. The molecule has 6 nitrogen and oxygen atoms in total. The molecule has 1 aliphatic heterocycles. The largest absolute Gasteiger partial charge is 0.459 e. The Bertz CT molecular complexity index is 1380. The number of carbonyl (C=O) groups excluding carboxylic acids is 1. The van der Waals surface area contributed by atoms with Crippen molar-refractivity contribution >= 4 is 40.5 Å². The van der Waals surface area contributed by atoms with E-state index in [0.29, 0.717) is 28.2 Å². The van der Waals surface area contributed by atoms with Crippen LogP contribution in [-0.4, -0.2) is 27.4 Å². The highest BCUT2D eigenvalue weighted by Gasteiger charge is 2.41. The Morgan fingerprint density at radius 2 is 1.86 bits per heavy atom. The number of benzene rings is 2. The number of rotatable bonds is 7. The summed E-state index contributed by atoms with van der Waals surface area (Å²) in [4.78, 5) is 19.1. The fraction of sp³-hybridized carbons (Fsp3) is 0.148. The minimum Gasteiger partial charge on any atom is -0.459 e. The Balaban J connectivity index is 1.40. The highest BCUT2D eigenvalue weighted by molar-refractivity contribution is 7.80. The minimum absolute atomic E-state index is 0.104. The first kappa shape index (κ1) is 24.0. The molecule has 5 rings (SSSR count). The summed E-state index contributed by atoms with van der Waals surface area (Å²) in [6.07, 6.45) is 1.83. The SMILES string of the molecule is O=C(CCN1C(=S)NC(c2ccccn2)C1c1ccc(-c2ccc(Cl)cc2)o1)Nc1ccccc1F. The van der Waals surface area contributed by atoms with E-state index in [4.69, 9.17) is 28.2 Å². The zero-order valence-electron chi connectivity index (χ0n) is 19.0. The number of hydrogen-bond acceptors (Lipinski definition) is 4. The highest BCUT2D eigenvalue weighted by Crippen LogP contribution is 2.40. The minimum atomic E-state index is -0.484. The molecule has 0 bridgehead atoms. The van der Waals surface area contributed by atoms with Crippen LogP contribution in [0.3, 0.4) is 0 Å². The molecule has 1 aliphatic rings. The third kappa shape index (κ3) is 5.10. The van der Waals surface area contributed by atoms with Gasteiger partial charge in [-0.2, -0.15) is 0 Å². The number of amides is 1. The van der Waals surface area contributed by atoms with Crippen LogP contribution in [0, 0.1) is 5.82 Å². The van der Waals surface area contributed by atoms with Crippen molar-refractivity contribution in [2.75, 3.05) is 11.9 Å². The number of hydrogen-bond donors (Lipinski definition) is 2. The molecule has 0 spiro atoms. The van der Waals surface area contributed by atoms with Gasteiger partial charge in [0.15, 0.2) is 5.11 Å². The molecule has 2 aromatic carbocycles. The number of pyridine rings is 1. The molecule has 1 saturated heterocycles. The van der Waals surface area contributed by atoms with Crippen LogP contribution in [0.5, 0.6) is 0 Å². The Morgan fingerprint density at radius 1 is 1.08 bits per heavy atom. The predicted octanol–water partition coefficient (Wildman–Crippen LogP) is 6.14. The van der Waals surface area contributed by atoms with Gasteiger partial charge in [0.25, 0.3) is 0 Å². The molecule has 36 heavy (non-hydrogen) atoms. The summed E-state index contributed by atoms with van der Waals surface area (Å²) in [5, 5.41) is 7.09. The number of aromatic nitrogens is 1. The van der Waals surface area contributed by atoms with Crippen LogP contribution in [0.25, 0.3) is 11.3 Å². The number of thiocarbonyl (C=S) groups is 1. The maximum Gasteiger partial charge on any atom is 0.226 e. The summed E-state index contributed by atoms with van der Waals surface area (Å²) in [6, 6.07) is 22.3. The van der Waals surface area contributed by atoms with E-state index in [2.05, 4.69) is 15.6 Å². The summed E-state index contributed by atoms with van der Waals surface area (Å²) in [7, 11) is 0. The van der Waals surface area contributed by atoms with Gasteiger partial charge in [0.2, 0.25) is 5.91 Å². The molecule has 0 radical (unpaired) electrons. The first-order chi connectivity index (χ1) is 17.5. The number of halogens is 2. The van der Waals surface area contributed by atoms with Crippen LogP contribution in [0.4, 0.5) is 10.1 Å². The Kier molecular flexibility index (Phi) is 6.97. The standard InChI is InChI=1S/C27H22ClFN4O2S/c28-18-10-8-17(9-11-18)22-12-13-23(35-22)26-25(21-7-3-4-15-30-21)32-27(36)33(26)16-14-24(34)31-20-6-2-1-5-19(20)29/h1-13,15,25-26H,14,16H2,(H,31,34)(H,32,36). The number of nitrogens with one attached hydrogen (secondary N) is 2. The quantitative estimate of drug-likeness (QED) is 0.285. The molecule has 4 aromatic rings. The molecule has 1 amide bonds. The predicted molar refractivity (Wildman–Crippen MR) is 141 cm³/mol. The van der Waals surface area contributed by atoms with Gasteiger partial charge in [-0.25, -0.2) is 4.39 Å². The van der Waals surface area contributed by atoms with E-state index in [0.717, 1.165) is 11.3 Å². The van der Waals surface area contributed by atoms with Crippen molar-refractivity contribution in [2.24, 2.45) is 0 Å². The monoisotopic (exact) mass is 520 g/mol. The lowest BCUT2D eigenvalue weighted by atomic mass is 10.0. The van der Waals surface area contributed by atoms with Gasteiger partial charge in [-0.05, 0) is 72.9 Å². The van der Waals surface area contributed by atoms with Gasteiger partial charge in [-0.15, -0.1) is 0 Å². The van der Waals surface area contributed by atoms with Crippen molar-refractivity contribution in [1.82, 2.24) is 15.2 Å². The first-order valence-electron chi connectivity index (χ1n) is 11.4. The zero-order chi connectivity index (χ0) is 25.1. The lowest BCUT2D eigenvalue weighted by molar-refractivity contribution is -0.116. The van der Waals surface area contributed by atoms with Gasteiger partial charge in [0, 0.05) is 29.7 Å². The van der Waals surface area contributed by atoms with E-state index < -0.39 is 5.82 Å². The van der Waals surface area contributed by atoms with Gasteiger partial charge in [0.1, 0.15) is 23.4 Å². The van der Waals surface area contributed by atoms with Crippen LogP contribution < -0.4 is 10.6 Å². The van der Waals surface area contributed by atoms with Crippen molar-refractivity contribution in [2.45, 2.75) is 18.5 Å². The molecule has 2 unspecified atom stereocenters. The van der Waals surface area contributed by atoms with E-state index in [1.807, 2.05) is 59.5 Å². The number of furan rings is 1. The molecule has 2 aromatic heterocycles. The molecular weight excluding hydrogens is 499 g/mol. The lowest BCUT2D eigenvalue weighted by Gasteiger charge is -2.25. The first-order valence-corrected chi connectivity index (χ1v) is 12.2. The number of nitrogens with zero attached hydrogens (tertiary/aromatic N) is 2. The fourth-order valence-corrected chi connectivity index (χ4v) is 4.69. The molecule has 0 aliphatic carbocycles. The third-order valence-corrected chi connectivity index (χ3v) is 6.58. The summed E-state index contributed by atoms with van der Waals surface area (Å²) >= 11 is 11.7. The summed E-state index contributed by atoms with van der Waals surface area (Å²) < 4.78 is 20.2. The zero-order valence-corrected chi connectivity index (χ0v) is 20.6. The second-order valence-electron chi connectivity index (χ2n) is 8.31. The van der Waals surface area contributed by atoms with Crippen LogP contribution in [0.15, 0.2) is 89.5 Å². The van der Waals surface area contributed by atoms with Gasteiger partial charge >= 0.3 is 0 Å². The maximum absolute atomic E-state index is 14.0. The molecule has 182 valence electrons. The normalized spacial score (nSPS) is 17.2. The Labute approximate surface area is 218 Å². The van der Waals surface area contributed by atoms with E-state index >= 15 is 0 Å². The second kappa shape index (κ2) is 10.5. The van der Waals surface area contributed by atoms with Crippen LogP contribution in [-0.2, 0) is 4.79 Å². The molecule has 3 heterocycles. The fourth-order valence-electron chi connectivity index (χ4n) is 4.23. The van der Waals surface area contributed by atoms with Crippen molar-refractivity contribution in [3.05, 3.63) is 107 Å². The second-order valence-corrected chi connectivity index (χ2v) is 9.13. The Hall–Kier alpha value is -3.75. The van der Waals surface area contributed by atoms with Crippen molar-refractivity contribution in [3.63, 3.8) is 0 Å². The van der Waals surface area contributed by atoms with Gasteiger partial charge in [0.05, 0.1) is 17.4 Å². The van der Waals surface area contributed by atoms with Crippen molar-refractivity contribution in [1.29, 1.82) is 0 Å². The molecule has 0 saturated carbocycles. The number of anilines is 1. The van der Waals surface area contributed by atoms with Crippen molar-refractivity contribution < 1.29 is 13.6 Å². The van der Waals surface area contributed by atoms with Gasteiger partial charge < -0.3 is 20.0 Å².